The first-order chi connectivity index (χ1) is 12.6. The fraction of sp³-hybridized carbons (Fsp3) is 0.400. The second-order valence-corrected chi connectivity index (χ2v) is 8.14. The molecule has 26 heavy (non-hydrogen) atoms. The fourth-order valence-corrected chi connectivity index (χ4v) is 4.80. The highest BCUT2D eigenvalue weighted by molar-refractivity contribution is 7.17. The van der Waals surface area contributed by atoms with Gasteiger partial charge in [-0.2, -0.15) is 5.10 Å². The molecular weight excluding hydrogens is 344 g/mol. The van der Waals surface area contributed by atoms with E-state index in [4.69, 9.17) is 0 Å². The number of amides is 1. The lowest BCUT2D eigenvalue weighted by atomic mass is 9.92. The van der Waals surface area contributed by atoms with Gasteiger partial charge >= 0.3 is 0 Å². The number of nitrogens with zero attached hydrogens (tertiary/aromatic N) is 3. The molecule has 3 aromatic rings. The summed E-state index contributed by atoms with van der Waals surface area (Å²) in [4.78, 5) is 16.5. The molecule has 1 aliphatic heterocycles. The summed E-state index contributed by atoms with van der Waals surface area (Å²) >= 11 is 1.82. The van der Waals surface area contributed by atoms with Crippen molar-refractivity contribution in [3.63, 3.8) is 0 Å². The lowest BCUT2D eigenvalue weighted by molar-refractivity contribution is 0.0825. The van der Waals surface area contributed by atoms with Crippen molar-refractivity contribution in [3.8, 4) is 0 Å². The van der Waals surface area contributed by atoms with E-state index in [1.165, 1.54) is 15.6 Å². The number of H-pyrrole nitrogens is 1. The molecular formula is C20H24N4OS. The summed E-state index contributed by atoms with van der Waals surface area (Å²) in [5, 5.41) is 10.9. The van der Waals surface area contributed by atoms with Crippen LogP contribution in [0.1, 0.15) is 40.4 Å². The number of carbonyl (C=O) groups is 1. The Bertz CT molecular complexity index is 913. The Hall–Kier alpha value is -2.18. The first kappa shape index (κ1) is 17.2. The van der Waals surface area contributed by atoms with E-state index in [0.717, 1.165) is 38.2 Å². The molecule has 1 N–H and O–H groups in total. The number of likely N-dealkylation sites (tertiary alicyclic amines) is 1. The van der Waals surface area contributed by atoms with Gasteiger partial charge in [-0.15, -0.1) is 11.3 Å². The molecule has 1 atom stereocenters. The van der Waals surface area contributed by atoms with E-state index in [2.05, 4.69) is 44.7 Å². The van der Waals surface area contributed by atoms with Crippen molar-refractivity contribution in [2.75, 3.05) is 27.2 Å². The molecule has 1 aliphatic rings. The Morgan fingerprint density at radius 3 is 3.08 bits per heavy atom. The van der Waals surface area contributed by atoms with Crippen LogP contribution in [0.2, 0.25) is 0 Å². The zero-order chi connectivity index (χ0) is 18.1. The maximum Gasteiger partial charge on any atom is 0.256 e. The molecule has 0 spiro atoms. The zero-order valence-corrected chi connectivity index (χ0v) is 16.1. The third kappa shape index (κ3) is 3.27. The number of aromatic nitrogens is 2. The zero-order valence-electron chi connectivity index (χ0n) is 15.2. The molecule has 1 aromatic carbocycles. The van der Waals surface area contributed by atoms with Crippen LogP contribution in [0.25, 0.3) is 10.1 Å². The van der Waals surface area contributed by atoms with Gasteiger partial charge in [0.1, 0.15) is 0 Å². The second kappa shape index (κ2) is 7.21. The Kier molecular flexibility index (Phi) is 4.78. The average Bonchev–Trinajstić information content (AvgIpc) is 3.29. The van der Waals surface area contributed by atoms with E-state index in [0.29, 0.717) is 11.5 Å². The Labute approximate surface area is 157 Å². The molecule has 136 valence electrons. The van der Waals surface area contributed by atoms with Crippen LogP contribution in [0.15, 0.2) is 35.8 Å². The third-order valence-electron chi connectivity index (χ3n) is 5.17. The van der Waals surface area contributed by atoms with Gasteiger partial charge in [0.05, 0.1) is 17.5 Å². The van der Waals surface area contributed by atoms with Crippen molar-refractivity contribution in [3.05, 3.63) is 52.7 Å². The number of aromatic amines is 1. The fourth-order valence-electron chi connectivity index (χ4n) is 3.85. The van der Waals surface area contributed by atoms with Crippen LogP contribution < -0.4 is 0 Å². The average molecular weight is 369 g/mol. The minimum Gasteiger partial charge on any atom is -0.345 e. The van der Waals surface area contributed by atoms with Crippen molar-refractivity contribution < 1.29 is 4.79 Å². The van der Waals surface area contributed by atoms with Gasteiger partial charge in [0, 0.05) is 37.8 Å². The van der Waals surface area contributed by atoms with Crippen LogP contribution >= 0.6 is 11.3 Å². The van der Waals surface area contributed by atoms with Gasteiger partial charge in [-0.1, -0.05) is 18.2 Å². The number of nitrogens with one attached hydrogen (secondary N) is 1. The van der Waals surface area contributed by atoms with Crippen LogP contribution in [-0.2, 0) is 6.54 Å². The molecule has 0 bridgehead atoms. The maximum atomic E-state index is 12.4. The van der Waals surface area contributed by atoms with Crippen molar-refractivity contribution in [1.29, 1.82) is 0 Å². The Balaban J connectivity index is 1.52. The van der Waals surface area contributed by atoms with Gasteiger partial charge in [0.15, 0.2) is 0 Å². The predicted octanol–water partition coefficient (Wildman–Crippen LogP) is 3.71. The lowest BCUT2D eigenvalue weighted by Crippen LogP contribution is -2.35. The van der Waals surface area contributed by atoms with E-state index in [1.807, 2.05) is 11.3 Å². The molecule has 0 unspecified atom stereocenters. The molecule has 1 fully saturated rings. The lowest BCUT2D eigenvalue weighted by Gasteiger charge is -2.32. The van der Waals surface area contributed by atoms with E-state index < -0.39 is 0 Å². The highest BCUT2D eigenvalue weighted by atomic mass is 32.1. The molecule has 0 aliphatic carbocycles. The second-order valence-electron chi connectivity index (χ2n) is 7.23. The number of rotatable bonds is 4. The van der Waals surface area contributed by atoms with E-state index in [9.17, 15) is 4.79 Å². The van der Waals surface area contributed by atoms with Gasteiger partial charge in [0.2, 0.25) is 0 Å². The van der Waals surface area contributed by atoms with Crippen LogP contribution in [0.3, 0.4) is 0 Å². The van der Waals surface area contributed by atoms with E-state index in [-0.39, 0.29) is 5.91 Å². The summed E-state index contributed by atoms with van der Waals surface area (Å²) in [6.07, 6.45) is 3.90. The summed E-state index contributed by atoms with van der Waals surface area (Å²) in [6.45, 7) is 3.03. The molecule has 1 amide bonds. The smallest absolute Gasteiger partial charge is 0.256 e. The predicted molar refractivity (Wildman–Crippen MR) is 106 cm³/mol. The standard InChI is InChI=1S/C20H24N4OS/c1-23(2)20(25)17-10-21-22-19(17)14-6-5-9-24(11-14)12-15-13-26-18-8-4-3-7-16(15)18/h3-4,7-8,10,13-14H,5-6,9,11-12H2,1-2H3,(H,21,22)/t14-/m0/s1. The first-order valence-electron chi connectivity index (χ1n) is 9.06. The van der Waals surface area contributed by atoms with Crippen LogP contribution in [0.5, 0.6) is 0 Å². The summed E-state index contributed by atoms with van der Waals surface area (Å²) in [5.41, 5.74) is 3.10. The Morgan fingerprint density at radius 2 is 2.23 bits per heavy atom. The van der Waals surface area contributed by atoms with Crippen molar-refractivity contribution >= 4 is 27.3 Å². The van der Waals surface area contributed by atoms with Crippen molar-refractivity contribution in [2.45, 2.75) is 25.3 Å². The van der Waals surface area contributed by atoms with E-state index >= 15 is 0 Å². The van der Waals surface area contributed by atoms with E-state index in [1.54, 1.807) is 25.2 Å². The number of fused-ring (bicyclic) bond motifs is 1. The topological polar surface area (TPSA) is 52.2 Å². The molecule has 3 heterocycles. The number of carbonyl (C=O) groups excluding carboxylic acids is 1. The first-order valence-corrected chi connectivity index (χ1v) is 9.94. The largest absolute Gasteiger partial charge is 0.345 e. The monoisotopic (exact) mass is 368 g/mol. The van der Waals surface area contributed by atoms with Gasteiger partial charge < -0.3 is 4.90 Å². The quantitative estimate of drug-likeness (QED) is 0.764. The SMILES string of the molecule is CN(C)C(=O)c1cn[nH]c1[C@H]1CCCN(Cc2csc3ccccc23)C1. The van der Waals surface area contributed by atoms with Gasteiger partial charge in [-0.25, -0.2) is 0 Å². The molecule has 5 nitrogen and oxygen atoms in total. The normalized spacial score (nSPS) is 18.3. The van der Waals surface area contributed by atoms with Crippen LogP contribution in [0, 0.1) is 0 Å². The van der Waals surface area contributed by atoms with Crippen molar-refractivity contribution in [1.82, 2.24) is 20.0 Å². The van der Waals surface area contributed by atoms with Crippen molar-refractivity contribution in [2.24, 2.45) is 0 Å². The summed E-state index contributed by atoms with van der Waals surface area (Å²) < 4.78 is 1.35. The highest BCUT2D eigenvalue weighted by Crippen LogP contribution is 2.31. The number of benzene rings is 1. The number of hydrogen-bond donors (Lipinski definition) is 1. The molecule has 4 rings (SSSR count). The number of piperidine rings is 1. The number of thiophene rings is 1. The molecule has 1 saturated heterocycles. The number of hydrogen-bond acceptors (Lipinski definition) is 4. The molecule has 6 heteroatoms. The highest BCUT2D eigenvalue weighted by Gasteiger charge is 2.27. The summed E-state index contributed by atoms with van der Waals surface area (Å²) in [5.74, 6) is 0.352. The summed E-state index contributed by atoms with van der Waals surface area (Å²) in [6, 6.07) is 8.61. The van der Waals surface area contributed by atoms with Gasteiger partial charge in [-0.3, -0.25) is 14.8 Å². The Morgan fingerprint density at radius 1 is 1.38 bits per heavy atom. The molecule has 0 saturated carbocycles. The maximum absolute atomic E-state index is 12.4. The van der Waals surface area contributed by atoms with Crippen LogP contribution in [-0.4, -0.2) is 53.1 Å². The molecule has 0 radical (unpaired) electrons. The van der Waals surface area contributed by atoms with Gasteiger partial charge in [-0.05, 0) is 41.8 Å². The minimum atomic E-state index is 0.0229. The third-order valence-corrected chi connectivity index (χ3v) is 6.19. The molecule has 2 aromatic heterocycles. The van der Waals surface area contributed by atoms with Gasteiger partial charge in [0.25, 0.3) is 5.91 Å². The van der Waals surface area contributed by atoms with Crippen LogP contribution in [0.4, 0.5) is 0 Å². The summed E-state index contributed by atoms with van der Waals surface area (Å²) in [7, 11) is 3.57. The minimum absolute atomic E-state index is 0.0229.